The van der Waals surface area contributed by atoms with Crippen molar-refractivity contribution in [3.05, 3.63) is 72.3 Å². The second-order valence-electron chi connectivity index (χ2n) is 7.21. The third-order valence-electron chi connectivity index (χ3n) is 5.27. The Morgan fingerprint density at radius 1 is 1.10 bits per heavy atom. The minimum Gasteiger partial charge on any atom is -0.599 e. The van der Waals surface area contributed by atoms with Crippen molar-refractivity contribution < 1.29 is 19.7 Å². The number of carboxylic acids is 1. The first-order chi connectivity index (χ1) is 14.1. The number of hydrogen-bond donors (Lipinski definition) is 1. The lowest BCUT2D eigenvalue weighted by molar-refractivity contribution is -0.251. The van der Waals surface area contributed by atoms with Crippen molar-refractivity contribution in [3.8, 4) is 11.1 Å². The van der Waals surface area contributed by atoms with Gasteiger partial charge in [-0.3, -0.25) is 4.99 Å². The van der Waals surface area contributed by atoms with Gasteiger partial charge in [-0.1, -0.05) is 67.4 Å². The first-order valence-electron chi connectivity index (χ1n) is 10.0. The van der Waals surface area contributed by atoms with E-state index in [1.807, 2.05) is 42.5 Å². The molecule has 0 aliphatic heterocycles. The van der Waals surface area contributed by atoms with Gasteiger partial charge in [0.25, 0.3) is 0 Å². The third-order valence-corrected chi connectivity index (χ3v) is 5.27. The maximum atomic E-state index is 12.2. The van der Waals surface area contributed by atoms with Crippen molar-refractivity contribution in [2.24, 2.45) is 4.99 Å². The predicted octanol–water partition coefficient (Wildman–Crippen LogP) is 4.12. The van der Waals surface area contributed by atoms with E-state index in [0.29, 0.717) is 12.8 Å². The highest BCUT2D eigenvalue weighted by Crippen LogP contribution is 2.44. The molecule has 0 saturated carbocycles. The largest absolute Gasteiger partial charge is 0.599 e. The van der Waals surface area contributed by atoms with E-state index in [9.17, 15) is 15.0 Å². The lowest BCUT2D eigenvalue weighted by atomic mass is 9.98. The van der Waals surface area contributed by atoms with Crippen LogP contribution < -0.4 is 5.11 Å². The maximum Gasteiger partial charge on any atom is 0.328 e. The molecule has 0 saturated heterocycles. The molecule has 0 amide bonds. The number of nitrogens with zero attached hydrogens (tertiary/aromatic N) is 1. The smallest absolute Gasteiger partial charge is 0.328 e. The van der Waals surface area contributed by atoms with Crippen molar-refractivity contribution in [3.63, 3.8) is 0 Å². The summed E-state index contributed by atoms with van der Waals surface area (Å²) in [4.78, 5) is 15.2. The number of hydrogen-bond acceptors (Lipinski definition) is 4. The number of allylic oxidation sites excluding steroid dienone is 1. The lowest BCUT2D eigenvalue weighted by Gasteiger charge is -2.22. The van der Waals surface area contributed by atoms with Crippen molar-refractivity contribution in [2.45, 2.75) is 44.1 Å². The number of aliphatic imine (C=N–C) groups is 1. The number of unbranched alkanes of at least 4 members (excludes halogenated alkanes) is 3. The second-order valence-corrected chi connectivity index (χ2v) is 7.21. The van der Waals surface area contributed by atoms with Crippen LogP contribution in [0.15, 0.2) is 66.2 Å². The normalized spacial score (nSPS) is 14.1. The number of benzene rings is 2. The zero-order valence-corrected chi connectivity index (χ0v) is 16.4. The minimum absolute atomic E-state index is 0.0660. The molecule has 0 radical (unpaired) electrons. The van der Waals surface area contributed by atoms with Crippen LogP contribution in [0.4, 0.5) is 0 Å². The average Bonchev–Trinajstić information content (AvgIpc) is 3.05. The summed E-state index contributed by atoms with van der Waals surface area (Å²) < 4.78 is 5.38. The molecule has 1 atom stereocenters. The molecule has 5 heteroatoms. The Labute approximate surface area is 171 Å². The molecule has 0 fully saturated rings. The van der Waals surface area contributed by atoms with Gasteiger partial charge in [0.05, 0.1) is 0 Å². The number of fused-ring (bicyclic) bond motifs is 3. The monoisotopic (exact) mass is 392 g/mol. The molecule has 1 aliphatic rings. The van der Waals surface area contributed by atoms with Crippen molar-refractivity contribution in [1.29, 1.82) is 0 Å². The SMILES string of the molecule is C=CCCCCC[C@H](N=C([O-])OCC1c2ccccc2-c2ccccc21)C(=O)O. The number of carbonyl (C=O) groups is 1. The molecule has 1 aliphatic carbocycles. The molecule has 1 N–H and O–H groups in total. The van der Waals surface area contributed by atoms with Crippen LogP contribution in [0.1, 0.15) is 49.1 Å². The fourth-order valence-corrected chi connectivity index (χ4v) is 3.80. The van der Waals surface area contributed by atoms with Crippen LogP contribution in [0.5, 0.6) is 0 Å². The Morgan fingerprint density at radius 2 is 1.72 bits per heavy atom. The first-order valence-corrected chi connectivity index (χ1v) is 10.0. The Balaban J connectivity index is 1.64. The molecule has 0 unspecified atom stereocenters. The first kappa shape index (κ1) is 20.6. The van der Waals surface area contributed by atoms with E-state index in [1.165, 1.54) is 0 Å². The van der Waals surface area contributed by atoms with Crippen molar-refractivity contribution >= 4 is 12.1 Å². The molecule has 2 aromatic rings. The zero-order chi connectivity index (χ0) is 20.6. The summed E-state index contributed by atoms with van der Waals surface area (Å²) in [6, 6.07) is 15.1. The van der Waals surface area contributed by atoms with Gasteiger partial charge >= 0.3 is 5.97 Å². The van der Waals surface area contributed by atoms with Crippen LogP contribution in [-0.2, 0) is 9.53 Å². The molecule has 0 aromatic heterocycles. The lowest BCUT2D eigenvalue weighted by Crippen LogP contribution is -2.29. The van der Waals surface area contributed by atoms with Gasteiger partial charge in [0.15, 0.2) is 0 Å². The molecule has 3 rings (SSSR count). The van der Waals surface area contributed by atoms with Crippen LogP contribution in [0.2, 0.25) is 0 Å². The quantitative estimate of drug-likeness (QED) is 0.285. The van der Waals surface area contributed by atoms with Gasteiger partial charge in [0.1, 0.15) is 12.1 Å². The summed E-state index contributed by atoms with van der Waals surface area (Å²) in [5, 5.41) is 21.6. The van der Waals surface area contributed by atoms with E-state index in [4.69, 9.17) is 4.74 Å². The van der Waals surface area contributed by atoms with Gasteiger partial charge in [0.2, 0.25) is 0 Å². The van der Waals surface area contributed by atoms with Gasteiger partial charge in [-0.15, -0.1) is 6.58 Å². The molecule has 29 heavy (non-hydrogen) atoms. The van der Waals surface area contributed by atoms with Crippen molar-refractivity contribution in [1.82, 2.24) is 0 Å². The number of ether oxygens (including phenoxy) is 1. The third kappa shape index (κ3) is 5.05. The van der Waals surface area contributed by atoms with Gasteiger partial charge in [0, 0.05) is 12.5 Å². The highest BCUT2D eigenvalue weighted by atomic mass is 16.6. The van der Waals surface area contributed by atoms with Crippen LogP contribution in [0.3, 0.4) is 0 Å². The van der Waals surface area contributed by atoms with Gasteiger partial charge in [-0.05, 0) is 41.5 Å². The highest BCUT2D eigenvalue weighted by molar-refractivity contribution is 5.79. The van der Waals surface area contributed by atoms with Crippen LogP contribution in [0, 0.1) is 0 Å². The summed E-state index contributed by atoms with van der Waals surface area (Å²) in [5.41, 5.74) is 4.50. The van der Waals surface area contributed by atoms with Gasteiger partial charge in [-0.25, -0.2) is 4.79 Å². The van der Waals surface area contributed by atoms with E-state index in [2.05, 4.69) is 23.7 Å². The molecular weight excluding hydrogens is 366 g/mol. The van der Waals surface area contributed by atoms with Gasteiger partial charge in [-0.2, -0.15) is 0 Å². The summed E-state index contributed by atoms with van der Waals surface area (Å²) in [7, 11) is 0. The van der Waals surface area contributed by atoms with Crippen LogP contribution >= 0.6 is 0 Å². The topological polar surface area (TPSA) is 82.0 Å². The summed E-state index contributed by atoms with van der Waals surface area (Å²) in [6.07, 6.45) is 4.81. The van der Waals surface area contributed by atoms with E-state index >= 15 is 0 Å². The number of rotatable bonds is 10. The Kier molecular flexibility index (Phi) is 7.06. The summed E-state index contributed by atoms with van der Waals surface area (Å²) in [5.74, 6) is -1.16. The Bertz CT molecular complexity index is 844. The Hall–Kier alpha value is -3.08. The second kappa shape index (κ2) is 9.92. The molecular formula is C24H26NO4-. The van der Waals surface area contributed by atoms with Gasteiger partial charge < -0.3 is 14.9 Å². The number of carboxylic acid groups (broad SMARTS) is 1. The fraction of sp³-hybridized carbons (Fsp3) is 0.333. The fourth-order valence-electron chi connectivity index (χ4n) is 3.80. The summed E-state index contributed by atoms with van der Waals surface area (Å²) >= 11 is 0. The molecule has 0 heterocycles. The average molecular weight is 392 g/mol. The predicted molar refractivity (Wildman–Crippen MR) is 112 cm³/mol. The van der Waals surface area contributed by atoms with Crippen LogP contribution in [-0.4, -0.2) is 29.8 Å². The molecule has 0 bridgehead atoms. The minimum atomic E-state index is -1.10. The van der Waals surface area contributed by atoms with E-state index in [-0.39, 0.29) is 12.5 Å². The Morgan fingerprint density at radius 3 is 2.31 bits per heavy atom. The number of aliphatic carboxylic acids is 1. The standard InChI is InChI=1S/C24H27NO4/c1-2-3-4-5-6-15-22(23(26)27)25-24(28)29-16-21-19-13-9-7-11-17(19)18-12-8-10-14-20(18)21/h2,7-14,21-22H,1,3-6,15-16H2,(H,25,28)(H,26,27)/p-1/t22-/m0/s1. The maximum absolute atomic E-state index is 12.2. The highest BCUT2D eigenvalue weighted by Gasteiger charge is 2.27. The molecule has 2 aromatic carbocycles. The van der Waals surface area contributed by atoms with E-state index in [1.54, 1.807) is 0 Å². The van der Waals surface area contributed by atoms with Crippen LogP contribution in [0.25, 0.3) is 11.1 Å². The molecule has 152 valence electrons. The van der Waals surface area contributed by atoms with E-state index in [0.717, 1.165) is 41.5 Å². The summed E-state index contributed by atoms with van der Waals surface area (Å²) in [6.45, 7) is 3.81. The molecule has 5 nitrogen and oxygen atoms in total. The zero-order valence-electron chi connectivity index (χ0n) is 16.4. The van der Waals surface area contributed by atoms with E-state index < -0.39 is 18.1 Å². The van der Waals surface area contributed by atoms with Crippen molar-refractivity contribution in [2.75, 3.05) is 6.61 Å². The molecule has 0 spiro atoms.